The number of Topliss-reactive ketones (excluding diaryl/α,β-unsaturated/α-hetero) is 1. The minimum Gasteiger partial charge on any atom is -0.507 e. The third-order valence-electron chi connectivity index (χ3n) is 5.27. The number of fused-ring (bicyclic) bond motifs is 1. The van der Waals surface area contributed by atoms with Gasteiger partial charge >= 0.3 is 0 Å². The number of aliphatic hydroxyl groups excluding tert-OH is 1. The molecule has 30 heavy (non-hydrogen) atoms. The number of hydrogen-bond donors (Lipinski definition) is 1. The van der Waals surface area contributed by atoms with Gasteiger partial charge < -0.3 is 14.6 Å². The first-order valence-electron chi connectivity index (χ1n) is 9.36. The predicted molar refractivity (Wildman–Crippen MR) is 113 cm³/mol. The Morgan fingerprint density at radius 1 is 1.07 bits per heavy atom. The molecule has 1 fully saturated rings. The van der Waals surface area contributed by atoms with Crippen LogP contribution in [0.1, 0.15) is 22.0 Å². The number of hydrogen-bond acceptors (Lipinski definition) is 6. The number of anilines is 1. The molecular formula is C23H17NO5S. The number of aliphatic hydroxyl groups is 1. The topological polar surface area (TPSA) is 76.1 Å². The van der Waals surface area contributed by atoms with Gasteiger partial charge in [-0.2, -0.15) is 0 Å². The maximum Gasteiger partial charge on any atom is 0.300 e. The summed E-state index contributed by atoms with van der Waals surface area (Å²) >= 11 is 1.45. The number of nitrogens with zero attached hydrogens (tertiary/aromatic N) is 1. The molecule has 2 aliphatic heterocycles. The van der Waals surface area contributed by atoms with Crippen LogP contribution in [0.4, 0.5) is 5.69 Å². The van der Waals surface area contributed by atoms with Gasteiger partial charge in [0.1, 0.15) is 11.8 Å². The number of thiophene rings is 1. The first-order valence-corrected chi connectivity index (χ1v) is 10.2. The van der Waals surface area contributed by atoms with Crippen molar-refractivity contribution in [2.24, 2.45) is 0 Å². The fourth-order valence-electron chi connectivity index (χ4n) is 3.80. The zero-order valence-electron chi connectivity index (χ0n) is 16.0. The molecule has 7 heteroatoms. The lowest BCUT2D eigenvalue weighted by Gasteiger charge is -2.25. The molecule has 1 atom stereocenters. The summed E-state index contributed by atoms with van der Waals surface area (Å²) in [7, 11) is 0. The van der Waals surface area contributed by atoms with E-state index in [1.165, 1.54) is 16.2 Å². The summed E-state index contributed by atoms with van der Waals surface area (Å²) in [6.07, 6.45) is 0. The summed E-state index contributed by atoms with van der Waals surface area (Å²) in [6.45, 7) is 2.03. The van der Waals surface area contributed by atoms with Crippen molar-refractivity contribution in [2.75, 3.05) is 11.7 Å². The van der Waals surface area contributed by atoms with Crippen molar-refractivity contribution in [1.29, 1.82) is 0 Å². The van der Waals surface area contributed by atoms with E-state index in [-0.39, 0.29) is 18.1 Å². The van der Waals surface area contributed by atoms with Gasteiger partial charge in [0.25, 0.3) is 11.7 Å². The van der Waals surface area contributed by atoms with Crippen LogP contribution < -0.4 is 14.4 Å². The summed E-state index contributed by atoms with van der Waals surface area (Å²) in [5, 5.41) is 13.1. The van der Waals surface area contributed by atoms with Crippen molar-refractivity contribution < 1.29 is 24.2 Å². The van der Waals surface area contributed by atoms with Crippen molar-refractivity contribution >= 4 is 34.5 Å². The van der Waals surface area contributed by atoms with E-state index in [4.69, 9.17) is 9.47 Å². The van der Waals surface area contributed by atoms with Crippen LogP contribution in [0.3, 0.4) is 0 Å². The minimum atomic E-state index is -0.716. The van der Waals surface area contributed by atoms with E-state index in [1.54, 1.807) is 30.3 Å². The zero-order valence-corrected chi connectivity index (χ0v) is 16.8. The average molecular weight is 419 g/mol. The van der Waals surface area contributed by atoms with Crippen molar-refractivity contribution in [3.63, 3.8) is 0 Å². The highest BCUT2D eigenvalue weighted by molar-refractivity contribution is 7.10. The standard InChI is InChI=1S/C23H17NO5S/c1-13-9-10-30-22(13)19-18(20(25)14-7-8-16-17(11-14)29-12-28-16)21(26)23(27)24(19)15-5-3-2-4-6-15/h2-11,19,25H,12H2,1H3/b20-18-. The molecule has 0 spiro atoms. The van der Waals surface area contributed by atoms with Crippen molar-refractivity contribution in [3.8, 4) is 11.5 Å². The monoisotopic (exact) mass is 419 g/mol. The molecule has 1 N–H and O–H groups in total. The van der Waals surface area contributed by atoms with Gasteiger partial charge in [-0.25, -0.2) is 0 Å². The fourth-order valence-corrected chi connectivity index (χ4v) is 4.82. The van der Waals surface area contributed by atoms with E-state index in [9.17, 15) is 14.7 Å². The molecule has 0 aliphatic carbocycles. The van der Waals surface area contributed by atoms with E-state index >= 15 is 0 Å². The zero-order chi connectivity index (χ0) is 20.8. The second-order valence-electron chi connectivity index (χ2n) is 7.04. The first kappa shape index (κ1) is 18.4. The molecule has 6 nitrogen and oxygen atoms in total. The van der Waals surface area contributed by atoms with E-state index in [0.29, 0.717) is 22.7 Å². The number of carbonyl (C=O) groups excluding carboxylic acids is 2. The maximum absolute atomic E-state index is 13.1. The molecule has 1 unspecified atom stereocenters. The average Bonchev–Trinajstić information content (AvgIpc) is 3.46. The fraction of sp³-hybridized carbons (Fsp3) is 0.130. The summed E-state index contributed by atoms with van der Waals surface area (Å²) in [4.78, 5) is 28.4. The molecular weight excluding hydrogens is 402 g/mol. The summed E-state index contributed by atoms with van der Waals surface area (Å²) in [5.74, 6) is -0.557. The largest absolute Gasteiger partial charge is 0.507 e. The minimum absolute atomic E-state index is 0.0632. The van der Waals surface area contributed by atoms with Crippen LogP contribution >= 0.6 is 11.3 Å². The van der Waals surface area contributed by atoms with Crippen molar-refractivity contribution in [2.45, 2.75) is 13.0 Å². The highest BCUT2D eigenvalue weighted by Gasteiger charge is 2.47. The molecule has 1 aromatic heterocycles. The quantitative estimate of drug-likeness (QED) is 0.387. The number of aryl methyl sites for hydroxylation is 1. The van der Waals surface area contributed by atoms with E-state index in [0.717, 1.165) is 10.4 Å². The molecule has 3 aromatic rings. The van der Waals surface area contributed by atoms with Crippen LogP contribution in [0.5, 0.6) is 11.5 Å². The molecule has 2 aromatic carbocycles. The molecule has 150 valence electrons. The molecule has 0 bridgehead atoms. The highest BCUT2D eigenvalue weighted by Crippen LogP contribution is 2.45. The van der Waals surface area contributed by atoms with Crippen molar-refractivity contribution in [1.82, 2.24) is 0 Å². The number of ketones is 1. The molecule has 1 saturated heterocycles. The third kappa shape index (κ3) is 2.78. The predicted octanol–water partition coefficient (Wildman–Crippen LogP) is 4.41. The van der Waals surface area contributed by atoms with Gasteiger partial charge in [-0.05, 0) is 54.3 Å². The van der Waals surface area contributed by atoms with Gasteiger partial charge in [0, 0.05) is 16.1 Å². The Labute approximate surface area is 176 Å². The maximum atomic E-state index is 13.1. The highest BCUT2D eigenvalue weighted by atomic mass is 32.1. The van der Waals surface area contributed by atoms with Crippen LogP contribution in [0.2, 0.25) is 0 Å². The number of para-hydroxylation sites is 1. The Balaban J connectivity index is 1.71. The SMILES string of the molecule is Cc1ccsc1C1/C(=C(/O)c2ccc3c(c2)OCO3)C(=O)C(=O)N1c1ccccc1. The first-order chi connectivity index (χ1) is 14.6. The number of benzene rings is 2. The summed E-state index contributed by atoms with van der Waals surface area (Å²) in [6, 6.07) is 15.2. The van der Waals surface area contributed by atoms with E-state index in [1.807, 2.05) is 36.6 Å². The van der Waals surface area contributed by atoms with E-state index in [2.05, 4.69) is 0 Å². The molecule has 3 heterocycles. The van der Waals surface area contributed by atoms with Gasteiger partial charge in [-0.15, -0.1) is 11.3 Å². The van der Waals surface area contributed by atoms with Gasteiger partial charge in [-0.3, -0.25) is 14.5 Å². The van der Waals surface area contributed by atoms with Gasteiger partial charge in [0.05, 0.1) is 5.57 Å². The van der Waals surface area contributed by atoms with Crippen LogP contribution in [0.15, 0.2) is 65.6 Å². The Bertz CT molecular complexity index is 1200. The molecule has 5 rings (SSSR count). The second-order valence-corrected chi connectivity index (χ2v) is 7.99. The van der Waals surface area contributed by atoms with E-state index < -0.39 is 17.7 Å². The number of carbonyl (C=O) groups is 2. The number of ether oxygens (including phenoxy) is 2. The van der Waals surface area contributed by atoms with Crippen LogP contribution in [0.25, 0.3) is 5.76 Å². The lowest BCUT2D eigenvalue weighted by atomic mass is 9.98. The van der Waals surface area contributed by atoms with Crippen LogP contribution in [0, 0.1) is 6.92 Å². The smallest absolute Gasteiger partial charge is 0.300 e. The molecule has 2 aliphatic rings. The van der Waals surface area contributed by atoms with Crippen LogP contribution in [-0.2, 0) is 9.59 Å². The summed E-state index contributed by atoms with van der Waals surface area (Å²) < 4.78 is 10.7. The summed E-state index contributed by atoms with van der Waals surface area (Å²) in [5.41, 5.74) is 2.00. The number of amides is 1. The second kappa shape index (κ2) is 7.03. The third-order valence-corrected chi connectivity index (χ3v) is 6.35. The lowest BCUT2D eigenvalue weighted by molar-refractivity contribution is -0.132. The van der Waals surface area contributed by atoms with Crippen LogP contribution in [-0.4, -0.2) is 23.6 Å². The lowest BCUT2D eigenvalue weighted by Crippen LogP contribution is -2.29. The molecule has 1 amide bonds. The van der Waals surface area contributed by atoms with Gasteiger partial charge in [-0.1, -0.05) is 18.2 Å². The Morgan fingerprint density at radius 3 is 2.57 bits per heavy atom. The number of rotatable bonds is 3. The van der Waals surface area contributed by atoms with Gasteiger partial charge in [0.15, 0.2) is 11.5 Å². The van der Waals surface area contributed by atoms with Crippen molar-refractivity contribution in [3.05, 3.63) is 81.6 Å². The Kier molecular flexibility index (Phi) is 4.33. The van der Waals surface area contributed by atoms with Gasteiger partial charge in [0.2, 0.25) is 6.79 Å². The molecule has 0 radical (unpaired) electrons. The molecule has 0 saturated carbocycles. The Hall–Kier alpha value is -3.58. The Morgan fingerprint density at radius 2 is 1.83 bits per heavy atom. The normalized spacial score (nSPS) is 19.5.